The van der Waals surface area contributed by atoms with Crippen molar-refractivity contribution >= 4 is 65.8 Å². The summed E-state index contributed by atoms with van der Waals surface area (Å²) in [5, 5.41) is 9.92. The van der Waals surface area contributed by atoms with Gasteiger partial charge in [-0.2, -0.15) is 0 Å². The topological polar surface area (TPSA) is 195 Å². The molecule has 2 atom stereocenters. The highest BCUT2D eigenvalue weighted by atomic mass is 31.2. The zero-order chi connectivity index (χ0) is 48.7. The van der Waals surface area contributed by atoms with Crippen molar-refractivity contribution in [3.8, 4) is 56.8 Å². The third kappa shape index (κ3) is 8.32. The lowest BCUT2D eigenvalue weighted by Crippen LogP contribution is -2.27. The molecule has 0 saturated heterocycles. The lowest BCUT2D eigenvalue weighted by Gasteiger charge is -2.29. The first-order valence-corrected chi connectivity index (χ1v) is 24.6. The second-order valence-electron chi connectivity index (χ2n) is 15.8. The SMILES string of the molecule is CC(=O)Oc1ccc(OC(=O)c2cccc(C(=O)Oc3ccc(OC(=O)c4cccc(C(=O)O)c4)c(P4(=O)Oc5ccccc5-c5ccccc54)c3)c2)c(P2(=O)Oc3ccccc3-c3ccccc32)c1. The largest absolute Gasteiger partial charge is 0.478 e. The van der Waals surface area contributed by atoms with Crippen LogP contribution in [0, 0.1) is 0 Å². The van der Waals surface area contributed by atoms with E-state index in [-0.39, 0.29) is 66.9 Å². The highest BCUT2D eigenvalue weighted by molar-refractivity contribution is 7.75. The number of hydrogen-bond donors (Lipinski definition) is 1. The Balaban J connectivity index is 0.970. The molecule has 0 amide bonds. The average molecular weight is 969 g/mol. The molecular formula is C54H34O14P2. The number of fused-ring (bicyclic) bond motifs is 6. The minimum Gasteiger partial charge on any atom is -0.478 e. The molecule has 16 heteroatoms. The van der Waals surface area contributed by atoms with Crippen molar-refractivity contribution in [3.63, 3.8) is 0 Å². The fourth-order valence-corrected chi connectivity index (χ4v) is 12.9. The van der Waals surface area contributed by atoms with Crippen LogP contribution in [0.4, 0.5) is 0 Å². The van der Waals surface area contributed by atoms with Gasteiger partial charge in [-0.05, 0) is 108 Å². The van der Waals surface area contributed by atoms with E-state index in [1.165, 1.54) is 85.8 Å². The smallest absolute Gasteiger partial charge is 0.343 e. The predicted octanol–water partition coefficient (Wildman–Crippen LogP) is 9.54. The zero-order valence-corrected chi connectivity index (χ0v) is 38.3. The normalized spacial score (nSPS) is 16.0. The van der Waals surface area contributed by atoms with Crippen LogP contribution >= 0.6 is 14.7 Å². The van der Waals surface area contributed by atoms with Crippen molar-refractivity contribution in [2.75, 3.05) is 0 Å². The molecule has 0 bridgehead atoms. The Morgan fingerprint density at radius 1 is 0.400 bits per heavy atom. The van der Waals surface area contributed by atoms with Crippen LogP contribution in [0.1, 0.15) is 48.4 Å². The van der Waals surface area contributed by atoms with Gasteiger partial charge >= 0.3 is 44.6 Å². The number of carbonyl (C=O) groups is 5. The van der Waals surface area contributed by atoms with Gasteiger partial charge in [-0.15, -0.1) is 0 Å². The van der Waals surface area contributed by atoms with E-state index in [9.17, 15) is 29.1 Å². The van der Waals surface area contributed by atoms with E-state index in [2.05, 4.69) is 0 Å². The molecule has 344 valence electrons. The number of para-hydroxylation sites is 2. The molecule has 0 spiro atoms. The van der Waals surface area contributed by atoms with Crippen LogP contribution in [0.2, 0.25) is 0 Å². The van der Waals surface area contributed by atoms with Crippen LogP contribution in [0.15, 0.2) is 182 Å². The molecule has 8 aromatic carbocycles. The van der Waals surface area contributed by atoms with Gasteiger partial charge in [0.15, 0.2) is 0 Å². The van der Waals surface area contributed by atoms with E-state index in [0.29, 0.717) is 33.3 Å². The number of aromatic carboxylic acids is 1. The molecule has 10 rings (SSSR count). The van der Waals surface area contributed by atoms with Gasteiger partial charge < -0.3 is 33.1 Å². The van der Waals surface area contributed by atoms with Crippen molar-refractivity contribution in [1.29, 1.82) is 0 Å². The van der Waals surface area contributed by atoms with Gasteiger partial charge in [0.1, 0.15) is 34.5 Å². The van der Waals surface area contributed by atoms with E-state index < -0.39 is 44.6 Å². The van der Waals surface area contributed by atoms with E-state index in [0.717, 1.165) is 6.07 Å². The highest BCUT2D eigenvalue weighted by Gasteiger charge is 2.42. The maximum absolute atomic E-state index is 15.5. The van der Waals surface area contributed by atoms with Gasteiger partial charge in [-0.1, -0.05) is 84.9 Å². The Morgan fingerprint density at radius 3 is 1.24 bits per heavy atom. The number of carbonyl (C=O) groups excluding carboxylic acids is 4. The Morgan fingerprint density at radius 2 is 0.786 bits per heavy atom. The maximum atomic E-state index is 15.5. The van der Waals surface area contributed by atoms with Crippen molar-refractivity contribution < 1.29 is 66.2 Å². The van der Waals surface area contributed by atoms with Gasteiger partial charge in [0.2, 0.25) is 0 Å². The van der Waals surface area contributed by atoms with Crippen LogP contribution < -0.4 is 49.2 Å². The van der Waals surface area contributed by atoms with Crippen molar-refractivity contribution in [3.05, 3.63) is 204 Å². The molecule has 2 aliphatic heterocycles. The van der Waals surface area contributed by atoms with Crippen LogP contribution in [0.3, 0.4) is 0 Å². The zero-order valence-electron chi connectivity index (χ0n) is 36.5. The van der Waals surface area contributed by atoms with Crippen LogP contribution in [0.25, 0.3) is 22.3 Å². The number of carboxylic acid groups (broad SMARTS) is 1. The summed E-state index contributed by atoms with van der Waals surface area (Å²) in [6.07, 6.45) is 0. The van der Waals surface area contributed by atoms with Gasteiger partial charge in [0.05, 0.1) is 43.5 Å². The molecule has 0 aliphatic carbocycles. The molecular weight excluding hydrogens is 935 g/mol. The second kappa shape index (κ2) is 18.0. The molecule has 2 unspecified atom stereocenters. The summed E-state index contributed by atoms with van der Waals surface area (Å²) in [4.78, 5) is 65.2. The number of rotatable bonds is 10. The van der Waals surface area contributed by atoms with Crippen molar-refractivity contribution in [1.82, 2.24) is 0 Å². The number of benzene rings is 8. The number of esters is 4. The first kappa shape index (κ1) is 45.0. The summed E-state index contributed by atoms with van der Waals surface area (Å²) < 4.78 is 66.2. The molecule has 14 nitrogen and oxygen atoms in total. The standard InChI is InChI=1S/C54H34O14P2/c1-32(55)63-37-24-26-45(49(30-37)69(61)47-22-8-4-18-41(47)39-16-2-6-20-43(39)67-69)66-54(60)36-15-11-14-35(29-36)52(58)64-38-25-27-46(65-53(59)34-13-10-12-33(28-34)51(56)57)50(31-38)70(62)48-23-9-5-19-42(48)40-17-3-7-21-44(40)68-70/h2-31H,1H3,(H,56,57). The average Bonchev–Trinajstić information content (AvgIpc) is 3.37. The number of hydrogen-bond acceptors (Lipinski definition) is 13. The quantitative estimate of drug-likeness (QED) is 0.0773. The van der Waals surface area contributed by atoms with Crippen LogP contribution in [-0.4, -0.2) is 35.0 Å². The van der Waals surface area contributed by atoms with Gasteiger partial charge in [-0.3, -0.25) is 13.9 Å². The molecule has 0 radical (unpaired) electrons. The minimum absolute atomic E-state index is 0.0243. The second-order valence-corrected chi connectivity index (χ2v) is 20.3. The fourth-order valence-electron chi connectivity index (χ4n) is 8.14. The molecule has 2 heterocycles. The summed E-state index contributed by atoms with van der Waals surface area (Å²) in [6.45, 7) is 1.21. The summed E-state index contributed by atoms with van der Waals surface area (Å²) in [6, 6.07) is 46.3. The molecule has 0 saturated carbocycles. The minimum atomic E-state index is -4.24. The summed E-state index contributed by atoms with van der Waals surface area (Å²) in [5.41, 5.74) is 2.11. The van der Waals surface area contributed by atoms with E-state index in [4.69, 9.17) is 28.0 Å². The van der Waals surface area contributed by atoms with E-state index in [1.807, 2.05) is 18.2 Å². The fraction of sp³-hybridized carbons (Fsp3) is 0.0185. The Hall–Kier alpha value is -8.83. The molecule has 1 N–H and O–H groups in total. The van der Waals surface area contributed by atoms with E-state index >= 15 is 9.13 Å². The van der Waals surface area contributed by atoms with Crippen molar-refractivity contribution in [2.24, 2.45) is 0 Å². The third-order valence-electron chi connectivity index (χ3n) is 11.3. The molecule has 70 heavy (non-hydrogen) atoms. The van der Waals surface area contributed by atoms with Crippen LogP contribution in [-0.2, 0) is 13.9 Å². The van der Waals surface area contributed by atoms with Gasteiger partial charge in [0.25, 0.3) is 0 Å². The third-order valence-corrected chi connectivity index (χ3v) is 16.2. The Labute approximate surface area is 398 Å². The summed E-state index contributed by atoms with van der Waals surface area (Å²) >= 11 is 0. The molecule has 2 aliphatic rings. The monoisotopic (exact) mass is 968 g/mol. The van der Waals surface area contributed by atoms with E-state index in [1.54, 1.807) is 78.9 Å². The molecule has 8 aromatic rings. The Kier molecular flexibility index (Phi) is 11.6. The first-order chi connectivity index (χ1) is 33.8. The van der Waals surface area contributed by atoms with Gasteiger partial charge in [0, 0.05) is 18.1 Å². The van der Waals surface area contributed by atoms with Crippen molar-refractivity contribution in [2.45, 2.75) is 6.92 Å². The highest BCUT2D eigenvalue weighted by Crippen LogP contribution is 2.57. The summed E-state index contributed by atoms with van der Waals surface area (Å²) in [7, 11) is -8.35. The molecule has 0 fully saturated rings. The van der Waals surface area contributed by atoms with Crippen LogP contribution in [0.5, 0.6) is 34.5 Å². The first-order valence-electron chi connectivity index (χ1n) is 21.3. The number of ether oxygens (including phenoxy) is 4. The number of carboxylic acids is 1. The molecule has 0 aromatic heterocycles. The maximum Gasteiger partial charge on any atom is 0.343 e. The lowest BCUT2D eigenvalue weighted by atomic mass is 10.0. The lowest BCUT2D eigenvalue weighted by molar-refractivity contribution is -0.131. The predicted molar refractivity (Wildman–Crippen MR) is 258 cm³/mol. The summed E-state index contributed by atoms with van der Waals surface area (Å²) in [5.74, 6) is -4.68. The van der Waals surface area contributed by atoms with Gasteiger partial charge in [-0.25, -0.2) is 19.2 Å². The Bertz CT molecular complexity index is 3620.